The van der Waals surface area contributed by atoms with Crippen molar-refractivity contribution in [2.45, 2.75) is 26.7 Å². The third-order valence-electron chi connectivity index (χ3n) is 2.32. The molecular weight excluding hydrogens is 166 g/mol. The highest BCUT2D eigenvalue weighted by Crippen LogP contribution is 2.30. The predicted octanol–water partition coefficient (Wildman–Crippen LogP) is 1.38. The fraction of sp³-hybridized carbons (Fsp3) is 0.556. The smallest absolute Gasteiger partial charge is 0.227 e. The fourth-order valence-corrected chi connectivity index (χ4v) is 1.31. The van der Waals surface area contributed by atoms with Crippen molar-refractivity contribution in [3.05, 3.63) is 11.4 Å². The Balaban J connectivity index is 2.11. The molecule has 0 unspecified atom stereocenters. The van der Waals surface area contributed by atoms with Gasteiger partial charge in [0.05, 0.1) is 17.1 Å². The Labute approximate surface area is 76.7 Å². The number of rotatable bonds is 2. The van der Waals surface area contributed by atoms with Crippen molar-refractivity contribution in [2.24, 2.45) is 5.92 Å². The Hall–Kier alpha value is -1.32. The van der Waals surface area contributed by atoms with Crippen molar-refractivity contribution >= 4 is 11.6 Å². The molecule has 0 aromatic carbocycles. The minimum atomic E-state index is 0.132. The van der Waals surface area contributed by atoms with Crippen molar-refractivity contribution in [3.63, 3.8) is 0 Å². The van der Waals surface area contributed by atoms with Crippen molar-refractivity contribution in [2.75, 3.05) is 5.32 Å². The fourth-order valence-electron chi connectivity index (χ4n) is 1.31. The Morgan fingerprint density at radius 2 is 2.23 bits per heavy atom. The van der Waals surface area contributed by atoms with E-state index in [2.05, 4.69) is 15.5 Å². The number of carbonyl (C=O) groups excluding carboxylic acids is 1. The molecule has 1 heterocycles. The lowest BCUT2D eigenvalue weighted by atomic mass is 10.3. The lowest BCUT2D eigenvalue weighted by Crippen LogP contribution is -2.14. The standard InChI is InChI=1S/C9H13N3O/c1-5-8(6(2)12-11-5)10-9(13)7-3-4-7/h7H,3-4H2,1-2H3,(H,10,13)(H,11,12). The maximum atomic E-state index is 11.4. The van der Waals surface area contributed by atoms with Gasteiger partial charge in [-0.3, -0.25) is 9.89 Å². The van der Waals surface area contributed by atoms with Crippen LogP contribution in [0.4, 0.5) is 5.69 Å². The first-order chi connectivity index (χ1) is 6.18. The first-order valence-corrected chi connectivity index (χ1v) is 4.51. The summed E-state index contributed by atoms with van der Waals surface area (Å²) in [7, 11) is 0. The zero-order valence-electron chi connectivity index (χ0n) is 7.85. The Morgan fingerprint density at radius 1 is 1.54 bits per heavy atom. The molecule has 0 spiro atoms. The molecule has 0 radical (unpaired) electrons. The van der Waals surface area contributed by atoms with E-state index in [0.29, 0.717) is 0 Å². The second kappa shape index (κ2) is 2.87. The molecule has 1 aromatic rings. The van der Waals surface area contributed by atoms with Gasteiger partial charge in [-0.25, -0.2) is 0 Å². The molecule has 4 heteroatoms. The van der Waals surface area contributed by atoms with Gasteiger partial charge < -0.3 is 5.32 Å². The average molecular weight is 179 g/mol. The van der Waals surface area contributed by atoms with Crippen molar-refractivity contribution in [1.82, 2.24) is 10.2 Å². The monoisotopic (exact) mass is 179 g/mol. The molecule has 1 fully saturated rings. The summed E-state index contributed by atoms with van der Waals surface area (Å²) in [6, 6.07) is 0. The Kier molecular flexibility index (Phi) is 1.83. The van der Waals surface area contributed by atoms with E-state index in [-0.39, 0.29) is 11.8 Å². The highest BCUT2D eigenvalue weighted by Gasteiger charge is 2.30. The molecule has 70 valence electrons. The van der Waals surface area contributed by atoms with E-state index in [0.717, 1.165) is 29.9 Å². The molecule has 13 heavy (non-hydrogen) atoms. The SMILES string of the molecule is Cc1n[nH]c(C)c1NC(=O)C1CC1. The van der Waals surface area contributed by atoms with Crippen LogP contribution in [0.2, 0.25) is 0 Å². The zero-order valence-corrected chi connectivity index (χ0v) is 7.85. The second-order valence-electron chi connectivity index (χ2n) is 3.57. The number of anilines is 1. The molecule has 4 nitrogen and oxygen atoms in total. The van der Waals surface area contributed by atoms with Crippen LogP contribution in [0, 0.1) is 19.8 Å². The van der Waals surface area contributed by atoms with Crippen LogP contribution >= 0.6 is 0 Å². The molecule has 1 aliphatic carbocycles. The minimum Gasteiger partial charge on any atom is -0.323 e. The van der Waals surface area contributed by atoms with Crippen LogP contribution in [0.3, 0.4) is 0 Å². The number of carbonyl (C=O) groups is 1. The maximum absolute atomic E-state index is 11.4. The maximum Gasteiger partial charge on any atom is 0.227 e. The first kappa shape index (κ1) is 8.29. The third-order valence-corrected chi connectivity index (χ3v) is 2.32. The number of amides is 1. The number of nitrogens with one attached hydrogen (secondary N) is 2. The van der Waals surface area contributed by atoms with Gasteiger partial charge in [-0.1, -0.05) is 0 Å². The van der Waals surface area contributed by atoms with Crippen molar-refractivity contribution in [1.29, 1.82) is 0 Å². The molecule has 1 saturated carbocycles. The molecule has 1 aromatic heterocycles. The summed E-state index contributed by atoms with van der Waals surface area (Å²) in [5.41, 5.74) is 2.62. The second-order valence-corrected chi connectivity index (χ2v) is 3.57. The lowest BCUT2D eigenvalue weighted by molar-refractivity contribution is -0.117. The van der Waals surface area contributed by atoms with Crippen molar-refractivity contribution < 1.29 is 4.79 Å². The number of aryl methyl sites for hydroxylation is 2. The first-order valence-electron chi connectivity index (χ1n) is 4.51. The molecule has 0 aliphatic heterocycles. The van der Waals surface area contributed by atoms with Gasteiger partial charge in [0, 0.05) is 5.92 Å². The van der Waals surface area contributed by atoms with E-state index < -0.39 is 0 Å². The van der Waals surface area contributed by atoms with E-state index in [1.807, 2.05) is 13.8 Å². The highest BCUT2D eigenvalue weighted by molar-refractivity contribution is 5.94. The predicted molar refractivity (Wildman–Crippen MR) is 49.4 cm³/mol. The average Bonchev–Trinajstić information content (AvgIpc) is 2.88. The molecule has 2 rings (SSSR count). The van der Waals surface area contributed by atoms with Crippen LogP contribution in [-0.4, -0.2) is 16.1 Å². The summed E-state index contributed by atoms with van der Waals surface area (Å²) in [6.45, 7) is 3.79. The number of aromatic amines is 1. The molecule has 0 saturated heterocycles. The number of nitrogens with zero attached hydrogens (tertiary/aromatic N) is 1. The van der Waals surface area contributed by atoms with Gasteiger partial charge >= 0.3 is 0 Å². The van der Waals surface area contributed by atoms with Crippen molar-refractivity contribution in [3.8, 4) is 0 Å². The molecule has 0 atom stereocenters. The molecule has 2 N–H and O–H groups in total. The van der Waals surface area contributed by atoms with Gasteiger partial charge in [0.2, 0.25) is 5.91 Å². The van der Waals surface area contributed by atoms with Gasteiger partial charge in [-0.05, 0) is 26.7 Å². The lowest BCUT2D eigenvalue weighted by Gasteiger charge is -2.02. The van der Waals surface area contributed by atoms with E-state index >= 15 is 0 Å². The summed E-state index contributed by atoms with van der Waals surface area (Å²) < 4.78 is 0. The normalized spacial score (nSPS) is 15.8. The van der Waals surface area contributed by atoms with Gasteiger partial charge in [0.25, 0.3) is 0 Å². The van der Waals surface area contributed by atoms with Gasteiger partial charge in [0.1, 0.15) is 0 Å². The number of aromatic nitrogens is 2. The quantitative estimate of drug-likeness (QED) is 0.720. The Morgan fingerprint density at radius 3 is 2.69 bits per heavy atom. The minimum absolute atomic E-state index is 0.132. The van der Waals surface area contributed by atoms with E-state index in [4.69, 9.17) is 0 Å². The molecule has 0 bridgehead atoms. The van der Waals surface area contributed by atoms with Crippen LogP contribution in [0.15, 0.2) is 0 Å². The van der Waals surface area contributed by atoms with E-state index in [9.17, 15) is 4.79 Å². The summed E-state index contributed by atoms with van der Waals surface area (Å²) in [4.78, 5) is 11.4. The van der Waals surface area contributed by atoms with E-state index in [1.165, 1.54) is 0 Å². The van der Waals surface area contributed by atoms with Crippen LogP contribution in [0.1, 0.15) is 24.2 Å². The third kappa shape index (κ3) is 1.56. The van der Waals surface area contributed by atoms with E-state index in [1.54, 1.807) is 0 Å². The van der Waals surface area contributed by atoms with Crippen LogP contribution < -0.4 is 5.32 Å². The Bertz CT molecular complexity index is 319. The number of hydrogen-bond donors (Lipinski definition) is 2. The molecular formula is C9H13N3O. The topological polar surface area (TPSA) is 57.8 Å². The van der Waals surface area contributed by atoms with Gasteiger partial charge in [-0.2, -0.15) is 5.10 Å². The summed E-state index contributed by atoms with van der Waals surface area (Å²) in [5.74, 6) is 0.376. The molecule has 1 amide bonds. The van der Waals surface area contributed by atoms with Gasteiger partial charge in [-0.15, -0.1) is 0 Å². The largest absolute Gasteiger partial charge is 0.323 e. The molecule has 1 aliphatic rings. The summed E-state index contributed by atoms with van der Waals surface area (Å²) in [6.07, 6.45) is 2.06. The van der Waals surface area contributed by atoms with Crippen LogP contribution in [0.25, 0.3) is 0 Å². The number of hydrogen-bond acceptors (Lipinski definition) is 2. The summed E-state index contributed by atoms with van der Waals surface area (Å²) >= 11 is 0. The number of H-pyrrole nitrogens is 1. The van der Waals surface area contributed by atoms with Gasteiger partial charge in [0.15, 0.2) is 0 Å². The van der Waals surface area contributed by atoms with Crippen LogP contribution in [0.5, 0.6) is 0 Å². The summed E-state index contributed by atoms with van der Waals surface area (Å²) in [5, 5.41) is 9.73. The highest BCUT2D eigenvalue weighted by atomic mass is 16.2. The zero-order chi connectivity index (χ0) is 9.42. The van der Waals surface area contributed by atoms with Crippen LogP contribution in [-0.2, 0) is 4.79 Å².